The van der Waals surface area contributed by atoms with Gasteiger partial charge in [0.1, 0.15) is 0 Å². The number of halogens is 9. The number of alkyl halides is 9. The van der Waals surface area contributed by atoms with E-state index >= 15 is 0 Å². The fourth-order valence-electron chi connectivity index (χ4n) is 2.61. The lowest BCUT2D eigenvalue weighted by Gasteiger charge is -2.35. The van der Waals surface area contributed by atoms with Crippen molar-refractivity contribution in [1.29, 1.82) is 0 Å². The fraction of sp³-hybridized carbons (Fsp3) is 0.600. The van der Waals surface area contributed by atoms with Crippen LogP contribution in [0, 0.1) is 5.41 Å². The van der Waals surface area contributed by atoms with Crippen LogP contribution in [0.25, 0.3) is 0 Å². The second-order valence-corrected chi connectivity index (χ2v) is 6.57. The predicted octanol–water partition coefficient (Wildman–Crippen LogP) is 6.05. The van der Waals surface area contributed by atoms with Crippen LogP contribution in [0.4, 0.5) is 39.5 Å². The molecule has 1 aromatic carbocycles. The lowest BCUT2D eigenvalue weighted by Crippen LogP contribution is -2.34. The summed E-state index contributed by atoms with van der Waals surface area (Å²) in [6.07, 6.45) is -16.1. The Labute approximate surface area is 138 Å². The summed E-state index contributed by atoms with van der Waals surface area (Å²) in [6.45, 7) is 4.14. The van der Waals surface area contributed by atoms with E-state index in [9.17, 15) is 39.5 Å². The van der Waals surface area contributed by atoms with E-state index in [1.165, 1.54) is 20.8 Å². The molecule has 25 heavy (non-hydrogen) atoms. The van der Waals surface area contributed by atoms with Crippen LogP contribution in [-0.4, -0.2) is 7.05 Å². The molecule has 0 amide bonds. The van der Waals surface area contributed by atoms with Crippen LogP contribution < -0.4 is 5.32 Å². The molecule has 0 aliphatic carbocycles. The van der Waals surface area contributed by atoms with E-state index < -0.39 is 52.2 Å². The van der Waals surface area contributed by atoms with Crippen molar-refractivity contribution < 1.29 is 39.5 Å². The molecule has 0 saturated heterocycles. The van der Waals surface area contributed by atoms with E-state index in [1.54, 1.807) is 0 Å². The molecule has 10 heteroatoms. The summed E-state index contributed by atoms with van der Waals surface area (Å²) < 4.78 is 118. The van der Waals surface area contributed by atoms with E-state index in [0.717, 1.165) is 7.05 Å². The molecule has 144 valence electrons. The summed E-state index contributed by atoms with van der Waals surface area (Å²) in [5.41, 5.74) is -8.29. The van der Waals surface area contributed by atoms with Gasteiger partial charge in [0.05, 0.1) is 16.7 Å². The van der Waals surface area contributed by atoms with Crippen molar-refractivity contribution in [2.45, 2.75) is 45.3 Å². The predicted molar refractivity (Wildman–Crippen MR) is 72.7 cm³/mol. The Morgan fingerprint density at radius 1 is 0.720 bits per heavy atom. The molecule has 0 heterocycles. The van der Waals surface area contributed by atoms with Crippen LogP contribution in [0.2, 0.25) is 0 Å². The van der Waals surface area contributed by atoms with Crippen molar-refractivity contribution in [3.05, 3.63) is 34.4 Å². The summed E-state index contributed by atoms with van der Waals surface area (Å²) in [5.74, 6) is 0. The molecule has 1 unspecified atom stereocenters. The maximum atomic E-state index is 13.3. The first kappa shape index (κ1) is 21.6. The quantitative estimate of drug-likeness (QED) is 0.615. The zero-order chi connectivity index (χ0) is 20.0. The summed E-state index contributed by atoms with van der Waals surface area (Å²) in [4.78, 5) is 0. The normalized spacial score (nSPS) is 15.4. The standard InChI is InChI=1S/C15H16F9N/c1-12(2,3)11(25-4)10-8(14(19,20)21)5-7(13(16,17)18)6-9(10)15(22,23)24/h5-6,11,25H,1-4H3. The fourth-order valence-corrected chi connectivity index (χ4v) is 2.61. The van der Waals surface area contributed by atoms with Gasteiger partial charge in [-0.3, -0.25) is 0 Å². The Morgan fingerprint density at radius 2 is 1.08 bits per heavy atom. The molecule has 1 atom stereocenters. The highest BCUT2D eigenvalue weighted by Gasteiger charge is 2.47. The molecule has 0 aliphatic heterocycles. The van der Waals surface area contributed by atoms with Crippen molar-refractivity contribution in [1.82, 2.24) is 5.32 Å². The number of hydrogen-bond donors (Lipinski definition) is 1. The van der Waals surface area contributed by atoms with Crippen molar-refractivity contribution in [3.63, 3.8) is 0 Å². The highest BCUT2D eigenvalue weighted by molar-refractivity contribution is 5.46. The van der Waals surface area contributed by atoms with Crippen LogP contribution in [-0.2, 0) is 18.5 Å². The number of benzene rings is 1. The molecule has 0 bridgehead atoms. The maximum Gasteiger partial charge on any atom is 0.416 e. The SMILES string of the molecule is CNC(c1c(C(F)(F)F)cc(C(F)(F)F)cc1C(F)(F)F)C(C)(C)C. The maximum absolute atomic E-state index is 13.3. The van der Waals surface area contributed by atoms with E-state index in [1.807, 2.05) is 0 Å². The molecule has 1 aromatic rings. The van der Waals surface area contributed by atoms with E-state index in [-0.39, 0.29) is 12.1 Å². The van der Waals surface area contributed by atoms with Gasteiger partial charge in [0, 0.05) is 6.04 Å². The zero-order valence-electron chi connectivity index (χ0n) is 13.6. The Morgan fingerprint density at radius 3 is 1.28 bits per heavy atom. The summed E-state index contributed by atoms with van der Waals surface area (Å²) >= 11 is 0. The number of nitrogens with one attached hydrogen (secondary N) is 1. The Balaban J connectivity index is 4.02. The average Bonchev–Trinajstić information content (AvgIpc) is 2.33. The molecule has 1 nitrogen and oxygen atoms in total. The van der Waals surface area contributed by atoms with Gasteiger partial charge in [-0.25, -0.2) is 0 Å². The molecule has 0 fully saturated rings. The van der Waals surface area contributed by atoms with E-state index in [4.69, 9.17) is 0 Å². The van der Waals surface area contributed by atoms with Crippen molar-refractivity contribution in [2.24, 2.45) is 5.41 Å². The molecule has 0 radical (unpaired) electrons. The third kappa shape index (κ3) is 4.80. The third-order valence-electron chi connectivity index (χ3n) is 3.56. The van der Waals surface area contributed by atoms with Crippen LogP contribution in [0.3, 0.4) is 0 Å². The van der Waals surface area contributed by atoms with Gasteiger partial charge in [-0.05, 0) is 30.2 Å². The second-order valence-electron chi connectivity index (χ2n) is 6.57. The average molecular weight is 381 g/mol. The van der Waals surface area contributed by atoms with E-state index in [2.05, 4.69) is 5.32 Å². The van der Waals surface area contributed by atoms with Gasteiger partial charge in [-0.2, -0.15) is 39.5 Å². The molecule has 0 spiro atoms. The number of rotatable bonds is 2. The van der Waals surface area contributed by atoms with Gasteiger partial charge in [-0.1, -0.05) is 20.8 Å². The smallest absolute Gasteiger partial charge is 0.313 e. The highest BCUT2D eigenvalue weighted by atomic mass is 19.4. The molecule has 1 N–H and O–H groups in total. The summed E-state index contributed by atoms with van der Waals surface area (Å²) in [5, 5.41) is 2.36. The minimum Gasteiger partial charge on any atom is -0.313 e. The molecular formula is C15H16F9N. The Kier molecular flexibility index (Phi) is 5.50. The van der Waals surface area contributed by atoms with Crippen LogP contribution >= 0.6 is 0 Å². The third-order valence-corrected chi connectivity index (χ3v) is 3.56. The van der Waals surface area contributed by atoms with Crippen molar-refractivity contribution >= 4 is 0 Å². The molecule has 0 saturated carbocycles. The number of hydrogen-bond acceptors (Lipinski definition) is 1. The topological polar surface area (TPSA) is 12.0 Å². The van der Waals surface area contributed by atoms with Crippen LogP contribution in [0.1, 0.15) is 49.1 Å². The lowest BCUT2D eigenvalue weighted by molar-refractivity contribution is -0.150. The summed E-state index contributed by atoms with van der Waals surface area (Å²) in [7, 11) is 1.15. The first-order chi connectivity index (χ1) is 10.9. The largest absolute Gasteiger partial charge is 0.416 e. The van der Waals surface area contributed by atoms with Gasteiger partial charge in [-0.15, -0.1) is 0 Å². The van der Waals surface area contributed by atoms with Gasteiger partial charge in [0.2, 0.25) is 0 Å². The first-order valence-electron chi connectivity index (χ1n) is 6.97. The minimum atomic E-state index is -5.39. The van der Waals surface area contributed by atoms with Gasteiger partial charge < -0.3 is 5.32 Å². The van der Waals surface area contributed by atoms with Crippen molar-refractivity contribution in [3.8, 4) is 0 Å². The minimum absolute atomic E-state index is 0.277. The molecule has 1 rings (SSSR count). The zero-order valence-corrected chi connectivity index (χ0v) is 13.6. The Bertz CT molecular complexity index is 583. The lowest BCUT2D eigenvalue weighted by atomic mass is 9.78. The highest BCUT2D eigenvalue weighted by Crippen LogP contribution is 2.48. The first-order valence-corrected chi connectivity index (χ1v) is 6.97. The van der Waals surface area contributed by atoms with Gasteiger partial charge in [0.15, 0.2) is 0 Å². The van der Waals surface area contributed by atoms with Crippen LogP contribution in [0.15, 0.2) is 12.1 Å². The van der Waals surface area contributed by atoms with Gasteiger partial charge in [0.25, 0.3) is 0 Å². The Hall–Kier alpha value is -1.45. The molecule has 0 aromatic heterocycles. The van der Waals surface area contributed by atoms with E-state index in [0.29, 0.717) is 0 Å². The molecule has 0 aliphatic rings. The van der Waals surface area contributed by atoms with Gasteiger partial charge >= 0.3 is 18.5 Å². The second kappa shape index (κ2) is 6.37. The van der Waals surface area contributed by atoms with Crippen LogP contribution in [0.5, 0.6) is 0 Å². The summed E-state index contributed by atoms with van der Waals surface area (Å²) in [6, 6.07) is -2.04. The van der Waals surface area contributed by atoms with Crippen molar-refractivity contribution in [2.75, 3.05) is 7.05 Å². The monoisotopic (exact) mass is 381 g/mol. The molecular weight excluding hydrogens is 365 g/mol.